The maximum absolute atomic E-state index is 5.11. The summed E-state index contributed by atoms with van der Waals surface area (Å²) in [4.78, 5) is 3.65. The van der Waals surface area contributed by atoms with Gasteiger partial charge >= 0.3 is 0 Å². The molecule has 92 valence electrons. The van der Waals surface area contributed by atoms with Gasteiger partial charge in [-0.3, -0.25) is 0 Å². The van der Waals surface area contributed by atoms with E-state index >= 15 is 0 Å². The molecule has 0 saturated carbocycles. The van der Waals surface area contributed by atoms with Crippen LogP contribution >= 0.6 is 11.3 Å². The molecular formula is C12H22N2OS. The molecule has 0 fully saturated rings. The van der Waals surface area contributed by atoms with Crippen molar-refractivity contribution in [3.8, 4) is 0 Å². The normalized spacial score (nSPS) is 15.3. The number of nitrogens with one attached hydrogen (secondary N) is 1. The lowest BCUT2D eigenvalue weighted by atomic mass is 10.2. The number of thiophene rings is 1. The molecule has 1 aromatic heterocycles. The van der Waals surface area contributed by atoms with E-state index in [1.807, 2.05) is 11.3 Å². The Morgan fingerprint density at radius 3 is 2.75 bits per heavy atom. The monoisotopic (exact) mass is 242 g/mol. The number of hydrogen-bond acceptors (Lipinski definition) is 4. The summed E-state index contributed by atoms with van der Waals surface area (Å²) in [5.41, 5.74) is 0. The van der Waals surface area contributed by atoms with Crippen LogP contribution in [0, 0.1) is 0 Å². The van der Waals surface area contributed by atoms with Gasteiger partial charge in [0.25, 0.3) is 0 Å². The highest BCUT2D eigenvalue weighted by Crippen LogP contribution is 2.22. The predicted octanol–water partition coefficient (Wildman–Crippen LogP) is 1.98. The van der Waals surface area contributed by atoms with Crippen LogP contribution in [0.5, 0.6) is 0 Å². The van der Waals surface area contributed by atoms with Gasteiger partial charge in [0.2, 0.25) is 0 Å². The highest BCUT2D eigenvalue weighted by atomic mass is 32.1. The van der Waals surface area contributed by atoms with Gasteiger partial charge in [0.15, 0.2) is 0 Å². The van der Waals surface area contributed by atoms with Crippen molar-refractivity contribution in [3.05, 3.63) is 22.4 Å². The molecule has 0 aliphatic carbocycles. The molecule has 16 heavy (non-hydrogen) atoms. The average Bonchev–Trinajstić information content (AvgIpc) is 2.71. The molecule has 0 aliphatic heterocycles. The van der Waals surface area contributed by atoms with Crippen molar-refractivity contribution in [2.24, 2.45) is 0 Å². The van der Waals surface area contributed by atoms with Crippen LogP contribution in [0.1, 0.15) is 17.8 Å². The zero-order chi connectivity index (χ0) is 12.0. The fourth-order valence-corrected chi connectivity index (χ4v) is 2.56. The Morgan fingerprint density at radius 1 is 1.50 bits per heavy atom. The summed E-state index contributed by atoms with van der Waals surface area (Å²) in [6.45, 7) is 3.85. The Kier molecular flexibility index (Phi) is 5.98. The first kappa shape index (κ1) is 13.6. The third-order valence-electron chi connectivity index (χ3n) is 2.57. The summed E-state index contributed by atoms with van der Waals surface area (Å²) in [6.07, 6.45) is 0. The molecule has 3 nitrogen and oxygen atoms in total. The summed E-state index contributed by atoms with van der Waals surface area (Å²) < 4.78 is 5.11. The van der Waals surface area contributed by atoms with E-state index in [1.54, 1.807) is 7.11 Å². The minimum absolute atomic E-state index is 0.396. The summed E-state index contributed by atoms with van der Waals surface area (Å²) in [6, 6.07) is 5.14. The third-order valence-corrected chi connectivity index (χ3v) is 3.54. The number of methoxy groups -OCH3 is 1. The van der Waals surface area contributed by atoms with E-state index in [2.05, 4.69) is 48.7 Å². The van der Waals surface area contributed by atoms with E-state index < -0.39 is 0 Å². The molecule has 2 unspecified atom stereocenters. The molecule has 0 aliphatic rings. The third kappa shape index (κ3) is 4.22. The molecule has 4 heteroatoms. The number of rotatable bonds is 7. The lowest BCUT2D eigenvalue weighted by Gasteiger charge is -2.25. The zero-order valence-electron chi connectivity index (χ0n) is 10.6. The first-order valence-electron chi connectivity index (χ1n) is 5.57. The second kappa shape index (κ2) is 7.01. The minimum atomic E-state index is 0.396. The van der Waals surface area contributed by atoms with Gasteiger partial charge in [0, 0.05) is 24.6 Å². The van der Waals surface area contributed by atoms with E-state index in [9.17, 15) is 0 Å². The first-order chi connectivity index (χ1) is 7.65. The molecule has 0 spiro atoms. The van der Waals surface area contributed by atoms with Crippen LogP contribution in [0.3, 0.4) is 0 Å². The van der Waals surface area contributed by atoms with Crippen molar-refractivity contribution in [1.29, 1.82) is 0 Å². The van der Waals surface area contributed by atoms with Crippen LogP contribution in [0.25, 0.3) is 0 Å². The Balaban J connectivity index is 2.47. The van der Waals surface area contributed by atoms with Gasteiger partial charge in [-0.05, 0) is 32.5 Å². The van der Waals surface area contributed by atoms with Crippen molar-refractivity contribution in [3.63, 3.8) is 0 Å². The van der Waals surface area contributed by atoms with Crippen molar-refractivity contribution in [2.75, 3.05) is 34.4 Å². The Labute approximate surface area is 102 Å². The molecular weight excluding hydrogens is 220 g/mol. The van der Waals surface area contributed by atoms with Gasteiger partial charge in [0.05, 0.1) is 12.6 Å². The molecule has 1 heterocycles. The smallest absolute Gasteiger partial charge is 0.0613 e. The molecule has 2 atom stereocenters. The average molecular weight is 242 g/mol. The summed E-state index contributed by atoms with van der Waals surface area (Å²) in [7, 11) is 5.97. The quantitative estimate of drug-likeness (QED) is 0.791. The molecule has 1 aromatic rings. The highest BCUT2D eigenvalue weighted by Gasteiger charge is 2.15. The van der Waals surface area contributed by atoms with Gasteiger partial charge in [-0.25, -0.2) is 0 Å². The molecule has 1 rings (SSSR count). The van der Waals surface area contributed by atoms with Crippen molar-refractivity contribution >= 4 is 11.3 Å². The van der Waals surface area contributed by atoms with E-state index in [4.69, 9.17) is 4.74 Å². The Morgan fingerprint density at radius 2 is 2.25 bits per heavy atom. The first-order valence-corrected chi connectivity index (χ1v) is 6.45. The molecule has 0 aromatic carbocycles. The summed E-state index contributed by atoms with van der Waals surface area (Å²) >= 11 is 1.81. The van der Waals surface area contributed by atoms with E-state index in [1.165, 1.54) is 4.88 Å². The van der Waals surface area contributed by atoms with Crippen LogP contribution in [0.4, 0.5) is 0 Å². The standard InChI is InChI=1S/C12H22N2OS/c1-10(9-15-4)13-8-11(14(2)3)12-6-5-7-16-12/h5-7,10-11,13H,8-9H2,1-4H3. The molecule has 0 radical (unpaired) electrons. The fraction of sp³-hybridized carbons (Fsp3) is 0.667. The van der Waals surface area contributed by atoms with Crippen LogP contribution in [-0.2, 0) is 4.74 Å². The maximum atomic E-state index is 5.11. The number of hydrogen-bond donors (Lipinski definition) is 1. The number of likely N-dealkylation sites (N-methyl/N-ethyl adjacent to an activating group) is 1. The molecule has 0 amide bonds. The lowest BCUT2D eigenvalue weighted by molar-refractivity contribution is 0.166. The van der Waals surface area contributed by atoms with Crippen LogP contribution in [0.15, 0.2) is 17.5 Å². The van der Waals surface area contributed by atoms with Gasteiger partial charge in [-0.2, -0.15) is 0 Å². The van der Waals surface area contributed by atoms with Gasteiger partial charge in [-0.15, -0.1) is 11.3 Å². The second-order valence-electron chi connectivity index (χ2n) is 4.26. The number of nitrogens with zero attached hydrogens (tertiary/aromatic N) is 1. The van der Waals surface area contributed by atoms with Crippen LogP contribution in [-0.4, -0.2) is 45.3 Å². The maximum Gasteiger partial charge on any atom is 0.0613 e. The highest BCUT2D eigenvalue weighted by molar-refractivity contribution is 7.10. The lowest BCUT2D eigenvalue weighted by Crippen LogP contribution is -2.37. The van der Waals surface area contributed by atoms with Gasteiger partial charge in [-0.1, -0.05) is 6.07 Å². The van der Waals surface area contributed by atoms with Crippen LogP contribution in [0.2, 0.25) is 0 Å². The van der Waals surface area contributed by atoms with Gasteiger partial charge in [0.1, 0.15) is 0 Å². The zero-order valence-corrected chi connectivity index (χ0v) is 11.4. The molecule has 1 N–H and O–H groups in total. The van der Waals surface area contributed by atoms with E-state index in [-0.39, 0.29) is 0 Å². The Hall–Kier alpha value is -0.420. The van der Waals surface area contributed by atoms with Crippen molar-refractivity contribution in [1.82, 2.24) is 10.2 Å². The van der Waals surface area contributed by atoms with E-state index in [0.29, 0.717) is 12.1 Å². The SMILES string of the molecule is COCC(C)NCC(c1cccs1)N(C)C. The van der Waals surface area contributed by atoms with E-state index in [0.717, 1.165) is 13.2 Å². The topological polar surface area (TPSA) is 24.5 Å². The van der Waals surface area contributed by atoms with Gasteiger partial charge < -0.3 is 15.0 Å². The Bertz CT molecular complexity index is 275. The second-order valence-corrected chi connectivity index (χ2v) is 5.24. The number of ether oxygens (including phenoxy) is 1. The van der Waals surface area contributed by atoms with Crippen molar-refractivity contribution in [2.45, 2.75) is 19.0 Å². The minimum Gasteiger partial charge on any atom is -0.383 e. The fourth-order valence-electron chi connectivity index (χ4n) is 1.64. The molecule has 0 bridgehead atoms. The summed E-state index contributed by atoms with van der Waals surface area (Å²) in [5, 5.41) is 5.62. The summed E-state index contributed by atoms with van der Waals surface area (Å²) in [5.74, 6) is 0. The largest absolute Gasteiger partial charge is 0.383 e. The van der Waals surface area contributed by atoms with Crippen molar-refractivity contribution < 1.29 is 4.74 Å². The molecule has 0 saturated heterocycles. The van der Waals surface area contributed by atoms with Crippen LogP contribution < -0.4 is 5.32 Å². The predicted molar refractivity (Wildman–Crippen MR) is 70.1 cm³/mol.